The van der Waals surface area contributed by atoms with Gasteiger partial charge in [0.05, 0.1) is 12.5 Å². The number of anilines is 2. The molecule has 0 bridgehead atoms. The van der Waals surface area contributed by atoms with E-state index in [2.05, 4.69) is 5.32 Å². The molecule has 2 aromatic rings. The standard InChI is InChI=1S/C21H24N2O3/c1-26-20(25)21(12-14-22-15-13-21)16-19(24)23(17-8-4-2-5-9-17)18-10-6-3-7-11-18/h2-11,22H,12-16H2,1H3. The van der Waals surface area contributed by atoms with E-state index in [-0.39, 0.29) is 18.3 Å². The van der Waals surface area contributed by atoms with E-state index >= 15 is 0 Å². The molecule has 0 saturated carbocycles. The zero-order valence-corrected chi connectivity index (χ0v) is 15.0. The summed E-state index contributed by atoms with van der Waals surface area (Å²) in [5, 5.41) is 3.25. The number of nitrogens with zero attached hydrogens (tertiary/aromatic N) is 1. The Bertz CT molecular complexity index is 701. The molecule has 0 radical (unpaired) electrons. The lowest BCUT2D eigenvalue weighted by Crippen LogP contribution is -2.46. The lowest BCUT2D eigenvalue weighted by Gasteiger charge is -2.36. The van der Waals surface area contributed by atoms with Crippen LogP contribution in [0, 0.1) is 5.41 Å². The molecule has 0 spiro atoms. The summed E-state index contributed by atoms with van der Waals surface area (Å²) in [4.78, 5) is 27.5. The minimum absolute atomic E-state index is 0.102. The molecular formula is C21H24N2O3. The average Bonchev–Trinajstić information content (AvgIpc) is 2.70. The predicted molar refractivity (Wildman–Crippen MR) is 101 cm³/mol. The number of piperidine rings is 1. The second-order valence-electron chi connectivity index (χ2n) is 6.60. The minimum atomic E-state index is -0.765. The van der Waals surface area contributed by atoms with Gasteiger partial charge in [0, 0.05) is 17.8 Å². The van der Waals surface area contributed by atoms with Crippen LogP contribution >= 0.6 is 0 Å². The van der Waals surface area contributed by atoms with Gasteiger partial charge < -0.3 is 10.1 Å². The monoisotopic (exact) mass is 352 g/mol. The molecule has 2 aromatic carbocycles. The van der Waals surface area contributed by atoms with Gasteiger partial charge in [0.15, 0.2) is 0 Å². The summed E-state index contributed by atoms with van der Waals surface area (Å²) in [6.45, 7) is 1.41. The van der Waals surface area contributed by atoms with Gasteiger partial charge in [-0.1, -0.05) is 36.4 Å². The van der Waals surface area contributed by atoms with Crippen LogP contribution < -0.4 is 10.2 Å². The van der Waals surface area contributed by atoms with Crippen molar-refractivity contribution in [2.45, 2.75) is 19.3 Å². The molecular weight excluding hydrogens is 328 g/mol. The number of ether oxygens (including phenoxy) is 1. The van der Waals surface area contributed by atoms with Gasteiger partial charge >= 0.3 is 5.97 Å². The number of hydrogen-bond donors (Lipinski definition) is 1. The molecule has 26 heavy (non-hydrogen) atoms. The van der Waals surface area contributed by atoms with Crippen LogP contribution in [0.5, 0.6) is 0 Å². The van der Waals surface area contributed by atoms with Crippen molar-refractivity contribution in [1.82, 2.24) is 5.32 Å². The highest BCUT2D eigenvalue weighted by atomic mass is 16.5. The Morgan fingerprint density at radius 2 is 1.46 bits per heavy atom. The Labute approximate surface area is 154 Å². The van der Waals surface area contributed by atoms with Gasteiger partial charge in [0.1, 0.15) is 0 Å². The fourth-order valence-corrected chi connectivity index (χ4v) is 3.53. The second-order valence-corrected chi connectivity index (χ2v) is 6.60. The topological polar surface area (TPSA) is 58.6 Å². The SMILES string of the molecule is COC(=O)C1(CC(=O)N(c2ccccc2)c2ccccc2)CCNCC1. The number of para-hydroxylation sites is 2. The molecule has 0 aliphatic carbocycles. The summed E-state index contributed by atoms with van der Waals surface area (Å²) >= 11 is 0. The van der Waals surface area contributed by atoms with Gasteiger partial charge in [-0.05, 0) is 50.2 Å². The first-order chi connectivity index (χ1) is 12.7. The first-order valence-electron chi connectivity index (χ1n) is 8.88. The van der Waals surface area contributed by atoms with Crippen molar-refractivity contribution in [1.29, 1.82) is 0 Å². The molecule has 1 aliphatic rings. The van der Waals surface area contributed by atoms with Crippen LogP contribution in [0.3, 0.4) is 0 Å². The molecule has 136 valence electrons. The molecule has 1 heterocycles. The summed E-state index contributed by atoms with van der Waals surface area (Å²) < 4.78 is 5.05. The van der Waals surface area contributed by atoms with Gasteiger partial charge in [0.25, 0.3) is 0 Å². The zero-order valence-electron chi connectivity index (χ0n) is 15.0. The van der Waals surface area contributed by atoms with Crippen molar-refractivity contribution in [3.8, 4) is 0 Å². The molecule has 1 saturated heterocycles. The maximum Gasteiger partial charge on any atom is 0.312 e. The third-order valence-corrected chi connectivity index (χ3v) is 4.95. The molecule has 3 rings (SSSR count). The van der Waals surface area contributed by atoms with Crippen molar-refractivity contribution >= 4 is 23.3 Å². The van der Waals surface area contributed by atoms with E-state index in [1.165, 1.54) is 7.11 Å². The number of benzene rings is 2. The molecule has 5 heteroatoms. The number of nitrogens with one attached hydrogen (secondary N) is 1. The molecule has 0 unspecified atom stereocenters. The van der Waals surface area contributed by atoms with E-state index in [4.69, 9.17) is 4.74 Å². The number of amides is 1. The maximum atomic E-state index is 13.3. The number of esters is 1. The summed E-state index contributed by atoms with van der Waals surface area (Å²) in [6, 6.07) is 19.0. The third kappa shape index (κ3) is 3.78. The molecule has 1 aliphatic heterocycles. The highest BCUT2D eigenvalue weighted by Crippen LogP contribution is 2.37. The van der Waals surface area contributed by atoms with E-state index in [0.717, 1.165) is 11.4 Å². The van der Waals surface area contributed by atoms with E-state index in [1.54, 1.807) is 4.90 Å². The van der Waals surface area contributed by atoms with Gasteiger partial charge in [-0.2, -0.15) is 0 Å². The van der Waals surface area contributed by atoms with Crippen LogP contribution in [0.2, 0.25) is 0 Å². The fraction of sp³-hybridized carbons (Fsp3) is 0.333. The Morgan fingerprint density at radius 1 is 0.962 bits per heavy atom. The molecule has 1 amide bonds. The maximum absolute atomic E-state index is 13.3. The van der Waals surface area contributed by atoms with Gasteiger partial charge in [-0.25, -0.2) is 0 Å². The highest BCUT2D eigenvalue weighted by Gasteiger charge is 2.43. The second kappa shape index (κ2) is 8.15. The lowest BCUT2D eigenvalue weighted by atomic mass is 9.75. The first kappa shape index (κ1) is 18.1. The Balaban J connectivity index is 1.93. The number of hydrogen-bond acceptors (Lipinski definition) is 4. The van der Waals surface area contributed by atoms with Crippen molar-refractivity contribution in [3.05, 3.63) is 60.7 Å². The highest BCUT2D eigenvalue weighted by molar-refractivity contribution is 6.02. The zero-order chi connectivity index (χ0) is 18.4. The Hall–Kier alpha value is -2.66. The number of methoxy groups -OCH3 is 1. The van der Waals surface area contributed by atoms with Crippen molar-refractivity contribution in [2.75, 3.05) is 25.1 Å². The van der Waals surface area contributed by atoms with Gasteiger partial charge in [-0.3, -0.25) is 14.5 Å². The van der Waals surface area contributed by atoms with Crippen LogP contribution in [0.25, 0.3) is 0 Å². The van der Waals surface area contributed by atoms with E-state index < -0.39 is 5.41 Å². The van der Waals surface area contributed by atoms with E-state index in [9.17, 15) is 9.59 Å². The van der Waals surface area contributed by atoms with Crippen LogP contribution in [0.1, 0.15) is 19.3 Å². The summed E-state index contributed by atoms with van der Waals surface area (Å²) in [5.74, 6) is -0.400. The summed E-state index contributed by atoms with van der Waals surface area (Å²) in [5.41, 5.74) is 0.814. The van der Waals surface area contributed by atoms with Crippen LogP contribution in [-0.2, 0) is 14.3 Å². The number of rotatable bonds is 5. The molecule has 1 fully saturated rings. The largest absolute Gasteiger partial charge is 0.469 e. The average molecular weight is 352 g/mol. The summed E-state index contributed by atoms with van der Waals surface area (Å²) in [7, 11) is 1.39. The smallest absolute Gasteiger partial charge is 0.312 e. The summed E-state index contributed by atoms with van der Waals surface area (Å²) in [6.07, 6.45) is 1.33. The van der Waals surface area contributed by atoms with Gasteiger partial charge in [-0.15, -0.1) is 0 Å². The number of carbonyl (C=O) groups is 2. The van der Waals surface area contributed by atoms with Crippen molar-refractivity contribution in [3.63, 3.8) is 0 Å². The van der Waals surface area contributed by atoms with E-state index in [1.807, 2.05) is 60.7 Å². The van der Waals surface area contributed by atoms with Crippen molar-refractivity contribution < 1.29 is 14.3 Å². The van der Waals surface area contributed by atoms with Crippen LogP contribution in [0.15, 0.2) is 60.7 Å². The number of carbonyl (C=O) groups excluding carboxylic acids is 2. The van der Waals surface area contributed by atoms with Gasteiger partial charge in [0.2, 0.25) is 5.91 Å². The van der Waals surface area contributed by atoms with Crippen molar-refractivity contribution in [2.24, 2.45) is 5.41 Å². The predicted octanol–water partition coefficient (Wildman–Crippen LogP) is 3.28. The normalized spacial score (nSPS) is 15.9. The molecule has 1 N–H and O–H groups in total. The minimum Gasteiger partial charge on any atom is -0.469 e. The quantitative estimate of drug-likeness (QED) is 0.839. The third-order valence-electron chi connectivity index (χ3n) is 4.95. The van der Waals surface area contributed by atoms with Crippen LogP contribution in [-0.4, -0.2) is 32.1 Å². The molecule has 5 nitrogen and oxygen atoms in total. The first-order valence-corrected chi connectivity index (χ1v) is 8.88. The lowest BCUT2D eigenvalue weighted by molar-refractivity contribution is -0.156. The van der Waals surface area contributed by atoms with E-state index in [0.29, 0.717) is 25.9 Å². The fourth-order valence-electron chi connectivity index (χ4n) is 3.53. The van der Waals surface area contributed by atoms with Crippen LogP contribution in [0.4, 0.5) is 11.4 Å². The Morgan fingerprint density at radius 3 is 1.92 bits per heavy atom. The molecule has 0 atom stereocenters. The molecule has 0 aromatic heterocycles. The Kier molecular flexibility index (Phi) is 5.68.